The fourth-order valence-electron chi connectivity index (χ4n) is 2.83. The first kappa shape index (κ1) is 14.1. The fourth-order valence-corrected chi connectivity index (χ4v) is 2.83. The second-order valence-electron chi connectivity index (χ2n) is 5.39. The van der Waals surface area contributed by atoms with E-state index in [1.54, 1.807) is 13.4 Å². The molecule has 1 aliphatic rings. The van der Waals surface area contributed by atoms with Gasteiger partial charge in [0.2, 0.25) is 5.95 Å². The lowest BCUT2D eigenvalue weighted by Crippen LogP contribution is -2.35. The number of nitrogens with zero attached hydrogens (tertiary/aromatic N) is 4. The van der Waals surface area contributed by atoms with Crippen molar-refractivity contribution in [2.75, 3.05) is 43.6 Å². The summed E-state index contributed by atoms with van der Waals surface area (Å²) < 4.78 is 5.26. The van der Waals surface area contributed by atoms with Crippen LogP contribution in [0.25, 0.3) is 11.2 Å². The number of rotatable bonds is 5. The summed E-state index contributed by atoms with van der Waals surface area (Å²) in [5, 5.41) is 3.18. The predicted molar refractivity (Wildman–Crippen MR) is 82.7 cm³/mol. The molecule has 1 saturated heterocycles. The average molecular weight is 290 g/mol. The van der Waals surface area contributed by atoms with E-state index in [2.05, 4.69) is 30.2 Å². The number of hydrogen-bond acceptors (Lipinski definition) is 6. The molecule has 0 radical (unpaired) electrons. The van der Waals surface area contributed by atoms with Crippen molar-refractivity contribution in [3.63, 3.8) is 0 Å². The molecule has 21 heavy (non-hydrogen) atoms. The van der Waals surface area contributed by atoms with Crippen molar-refractivity contribution in [3.05, 3.63) is 6.33 Å². The summed E-state index contributed by atoms with van der Waals surface area (Å²) in [7, 11) is 1.77. The molecule has 2 N–H and O–H groups in total. The number of hydrogen-bond donors (Lipinski definition) is 2. The van der Waals surface area contributed by atoms with Crippen LogP contribution in [0, 0.1) is 5.92 Å². The molecule has 3 heterocycles. The first-order valence-electron chi connectivity index (χ1n) is 7.50. The molecule has 0 spiro atoms. The van der Waals surface area contributed by atoms with E-state index in [1.165, 1.54) is 0 Å². The van der Waals surface area contributed by atoms with Crippen molar-refractivity contribution < 1.29 is 4.74 Å². The second-order valence-corrected chi connectivity index (χ2v) is 5.39. The number of aromatic nitrogens is 4. The molecule has 2 aromatic heterocycles. The molecular formula is C14H22N6O. The van der Waals surface area contributed by atoms with Crippen LogP contribution in [0.4, 0.5) is 11.8 Å². The quantitative estimate of drug-likeness (QED) is 0.871. The van der Waals surface area contributed by atoms with Crippen molar-refractivity contribution in [3.8, 4) is 0 Å². The van der Waals surface area contributed by atoms with Crippen molar-refractivity contribution in [1.82, 2.24) is 19.9 Å². The Morgan fingerprint density at radius 2 is 2.19 bits per heavy atom. The second kappa shape index (κ2) is 6.26. The van der Waals surface area contributed by atoms with Gasteiger partial charge in [0.1, 0.15) is 5.52 Å². The number of aromatic amines is 1. The normalized spacial score (nSPS) is 16.6. The minimum Gasteiger partial charge on any atom is -0.384 e. The minimum atomic E-state index is 0.645. The maximum Gasteiger partial charge on any atom is 0.226 e. The van der Waals surface area contributed by atoms with Gasteiger partial charge in [-0.2, -0.15) is 9.97 Å². The number of ether oxygens (including phenoxy) is 1. The van der Waals surface area contributed by atoms with E-state index in [0.29, 0.717) is 11.9 Å². The van der Waals surface area contributed by atoms with Gasteiger partial charge in [-0.15, -0.1) is 0 Å². The van der Waals surface area contributed by atoms with Crippen LogP contribution in [0.3, 0.4) is 0 Å². The Bertz CT molecular complexity index is 590. The van der Waals surface area contributed by atoms with E-state index in [9.17, 15) is 0 Å². The van der Waals surface area contributed by atoms with E-state index in [4.69, 9.17) is 4.74 Å². The summed E-state index contributed by atoms with van der Waals surface area (Å²) in [6, 6.07) is 0. The molecule has 2 aromatic rings. The van der Waals surface area contributed by atoms with Crippen LogP contribution < -0.4 is 10.2 Å². The monoisotopic (exact) mass is 290 g/mol. The largest absolute Gasteiger partial charge is 0.384 e. The summed E-state index contributed by atoms with van der Waals surface area (Å²) in [6.07, 6.45) is 3.93. The zero-order valence-electron chi connectivity index (χ0n) is 12.6. The van der Waals surface area contributed by atoms with Crippen molar-refractivity contribution >= 4 is 22.9 Å². The molecule has 3 rings (SSSR count). The maximum absolute atomic E-state index is 5.26. The Hall–Kier alpha value is -1.89. The summed E-state index contributed by atoms with van der Waals surface area (Å²) in [5.41, 5.74) is 1.64. The lowest BCUT2D eigenvalue weighted by molar-refractivity contribution is 0.139. The summed E-state index contributed by atoms with van der Waals surface area (Å²) in [5.74, 6) is 2.24. The molecule has 0 unspecified atom stereocenters. The number of fused-ring (bicyclic) bond motifs is 1. The Morgan fingerprint density at radius 1 is 1.38 bits per heavy atom. The molecule has 0 aliphatic carbocycles. The molecule has 0 bridgehead atoms. The molecule has 0 atom stereocenters. The van der Waals surface area contributed by atoms with E-state index in [-0.39, 0.29) is 0 Å². The van der Waals surface area contributed by atoms with Crippen LogP contribution in [0.1, 0.15) is 19.8 Å². The van der Waals surface area contributed by atoms with Gasteiger partial charge in [0, 0.05) is 33.4 Å². The van der Waals surface area contributed by atoms with Gasteiger partial charge < -0.3 is 19.9 Å². The molecule has 7 nitrogen and oxygen atoms in total. The van der Waals surface area contributed by atoms with Gasteiger partial charge in [-0.1, -0.05) is 0 Å². The lowest BCUT2D eigenvalue weighted by atomic mass is 9.98. The van der Waals surface area contributed by atoms with Crippen LogP contribution in [0.5, 0.6) is 0 Å². The average Bonchev–Trinajstić information content (AvgIpc) is 2.96. The van der Waals surface area contributed by atoms with E-state index >= 15 is 0 Å². The Balaban J connectivity index is 1.84. The third-order valence-electron chi connectivity index (χ3n) is 3.92. The highest BCUT2D eigenvalue weighted by Gasteiger charge is 2.23. The van der Waals surface area contributed by atoms with Gasteiger partial charge in [0.25, 0.3) is 0 Å². The number of nitrogens with one attached hydrogen (secondary N) is 2. The van der Waals surface area contributed by atoms with Gasteiger partial charge >= 0.3 is 0 Å². The fraction of sp³-hybridized carbons (Fsp3) is 0.643. The highest BCUT2D eigenvalue weighted by atomic mass is 16.5. The summed E-state index contributed by atoms with van der Waals surface area (Å²) in [4.78, 5) is 18.8. The van der Waals surface area contributed by atoms with Crippen LogP contribution in [0.2, 0.25) is 0 Å². The highest BCUT2D eigenvalue weighted by molar-refractivity contribution is 5.84. The van der Waals surface area contributed by atoms with E-state index < -0.39 is 0 Å². The lowest BCUT2D eigenvalue weighted by Gasteiger charge is -2.32. The number of imidazole rings is 1. The minimum absolute atomic E-state index is 0.645. The third-order valence-corrected chi connectivity index (χ3v) is 3.92. The number of H-pyrrole nitrogens is 1. The van der Waals surface area contributed by atoms with Crippen molar-refractivity contribution in [2.24, 2.45) is 5.92 Å². The number of anilines is 2. The SMILES string of the molecule is CCNc1nc(N2CCC(COC)CC2)c2[nH]cnc2n1. The van der Waals surface area contributed by atoms with Crippen LogP contribution >= 0.6 is 0 Å². The van der Waals surface area contributed by atoms with Crippen molar-refractivity contribution in [1.29, 1.82) is 0 Å². The van der Waals surface area contributed by atoms with Gasteiger partial charge in [-0.05, 0) is 25.7 Å². The molecule has 1 aliphatic heterocycles. The summed E-state index contributed by atoms with van der Waals surface area (Å²) in [6.45, 7) is 5.66. The number of methoxy groups -OCH3 is 1. The van der Waals surface area contributed by atoms with Gasteiger partial charge in [-0.3, -0.25) is 0 Å². The molecule has 1 fully saturated rings. The Labute approximate surface area is 124 Å². The highest BCUT2D eigenvalue weighted by Crippen LogP contribution is 2.27. The molecular weight excluding hydrogens is 268 g/mol. The predicted octanol–water partition coefficient (Wildman–Crippen LogP) is 1.65. The molecule has 114 valence electrons. The molecule has 0 aromatic carbocycles. The zero-order chi connectivity index (χ0) is 14.7. The van der Waals surface area contributed by atoms with Crippen LogP contribution in [0.15, 0.2) is 6.33 Å². The Morgan fingerprint density at radius 3 is 2.90 bits per heavy atom. The molecule has 7 heteroatoms. The van der Waals surface area contributed by atoms with Crippen LogP contribution in [-0.4, -0.2) is 53.3 Å². The zero-order valence-corrected chi connectivity index (χ0v) is 12.6. The smallest absolute Gasteiger partial charge is 0.226 e. The van der Waals surface area contributed by atoms with Gasteiger partial charge in [0.15, 0.2) is 11.5 Å². The molecule has 0 amide bonds. The van der Waals surface area contributed by atoms with E-state index in [0.717, 1.165) is 56.1 Å². The first-order chi connectivity index (χ1) is 10.3. The van der Waals surface area contributed by atoms with Crippen molar-refractivity contribution in [2.45, 2.75) is 19.8 Å². The number of piperidine rings is 1. The standard InChI is InChI=1S/C14H22N6O/c1-3-15-14-18-12-11(16-9-17-12)13(19-14)20-6-4-10(5-7-20)8-21-2/h9-10H,3-8H2,1-2H3,(H2,15,16,17,18,19). The van der Waals surface area contributed by atoms with Crippen LogP contribution in [-0.2, 0) is 4.74 Å². The first-order valence-corrected chi connectivity index (χ1v) is 7.50. The summed E-state index contributed by atoms with van der Waals surface area (Å²) >= 11 is 0. The molecule has 0 saturated carbocycles. The van der Waals surface area contributed by atoms with Gasteiger partial charge in [-0.25, -0.2) is 4.98 Å². The maximum atomic E-state index is 5.26. The topological polar surface area (TPSA) is 79.0 Å². The Kier molecular flexibility index (Phi) is 4.19. The van der Waals surface area contributed by atoms with E-state index in [1.807, 2.05) is 6.92 Å². The third kappa shape index (κ3) is 2.92. The van der Waals surface area contributed by atoms with Gasteiger partial charge in [0.05, 0.1) is 6.33 Å².